The van der Waals surface area contributed by atoms with Gasteiger partial charge in [-0.05, 0) is 11.5 Å². The van der Waals surface area contributed by atoms with Gasteiger partial charge in [-0.25, -0.2) is 13.2 Å². The van der Waals surface area contributed by atoms with Crippen LogP contribution in [0.15, 0.2) is 30.3 Å². The molecule has 1 aliphatic rings. The van der Waals surface area contributed by atoms with E-state index in [4.69, 9.17) is 8.92 Å². The molecule has 1 aromatic rings. The first kappa shape index (κ1) is 15.0. The first-order valence-electron chi connectivity index (χ1n) is 6.21. The van der Waals surface area contributed by atoms with Crippen LogP contribution >= 0.6 is 0 Å². The minimum Gasteiger partial charge on any atom is -0.459 e. The normalized spacial score (nSPS) is 24.8. The Balaban J connectivity index is 2.01. The number of carbonyl (C=O) groups is 1. The summed E-state index contributed by atoms with van der Waals surface area (Å²) in [7, 11) is -4.12. The van der Waals surface area contributed by atoms with Gasteiger partial charge in [0.25, 0.3) is 0 Å². The van der Waals surface area contributed by atoms with Gasteiger partial charge < -0.3 is 4.74 Å². The largest absolute Gasteiger partial charge is 0.459 e. The minimum absolute atomic E-state index is 0.0599. The molecule has 0 unspecified atom stereocenters. The van der Waals surface area contributed by atoms with Crippen LogP contribution in [0, 0.1) is 5.92 Å². The topological polar surface area (TPSA) is 78.9 Å². The molecular formula is C13H16O6S. The van der Waals surface area contributed by atoms with E-state index in [2.05, 4.69) is 4.18 Å². The average Bonchev–Trinajstić information content (AvgIpc) is 2.74. The molecule has 1 aliphatic heterocycles. The van der Waals surface area contributed by atoms with E-state index in [9.17, 15) is 13.2 Å². The van der Waals surface area contributed by atoms with Crippen molar-refractivity contribution in [3.8, 4) is 0 Å². The average molecular weight is 300 g/mol. The van der Waals surface area contributed by atoms with Crippen LogP contribution in [-0.2, 0) is 34.9 Å². The quantitative estimate of drug-likeness (QED) is 0.782. The van der Waals surface area contributed by atoms with Gasteiger partial charge in [0, 0.05) is 0 Å². The molecule has 0 radical (unpaired) electrons. The first-order chi connectivity index (χ1) is 9.39. The van der Waals surface area contributed by atoms with Gasteiger partial charge in [0.1, 0.15) is 12.7 Å². The fraction of sp³-hybridized carbons (Fsp3) is 0.462. The highest BCUT2D eigenvalue weighted by Gasteiger charge is 2.47. The van der Waals surface area contributed by atoms with Crippen LogP contribution in [0.5, 0.6) is 0 Å². The number of rotatable bonds is 4. The van der Waals surface area contributed by atoms with E-state index in [1.54, 1.807) is 26.0 Å². The Labute approximate surface area is 118 Å². The second-order valence-electron chi connectivity index (χ2n) is 4.82. The van der Waals surface area contributed by atoms with Gasteiger partial charge in [-0.3, -0.25) is 0 Å². The Morgan fingerprint density at radius 2 is 1.90 bits per heavy atom. The standard InChI is InChI=1S/C13H16O6S/c1-9(2)11-12(19-20(15,16)18-11)13(14)17-8-10-6-4-3-5-7-10/h3-7,9,11-12H,8H2,1-2H3/t11-,12+/m1/s1. The molecule has 0 N–H and O–H groups in total. The number of hydrogen-bond acceptors (Lipinski definition) is 6. The predicted molar refractivity (Wildman–Crippen MR) is 69.7 cm³/mol. The monoisotopic (exact) mass is 300 g/mol. The molecule has 0 spiro atoms. The van der Waals surface area contributed by atoms with E-state index in [0.717, 1.165) is 5.56 Å². The number of ether oxygens (including phenoxy) is 1. The lowest BCUT2D eigenvalue weighted by Crippen LogP contribution is -2.36. The Morgan fingerprint density at radius 1 is 1.25 bits per heavy atom. The van der Waals surface area contributed by atoms with Crippen molar-refractivity contribution >= 4 is 16.4 Å². The van der Waals surface area contributed by atoms with Crippen molar-refractivity contribution in [2.75, 3.05) is 0 Å². The maximum atomic E-state index is 11.9. The molecule has 0 aliphatic carbocycles. The Hall–Kier alpha value is -1.44. The summed E-state index contributed by atoms with van der Waals surface area (Å²) in [6.45, 7) is 3.54. The van der Waals surface area contributed by atoms with E-state index in [1.807, 2.05) is 18.2 Å². The number of esters is 1. The molecule has 0 saturated carbocycles. The molecule has 1 fully saturated rings. The van der Waals surface area contributed by atoms with Crippen LogP contribution in [-0.4, -0.2) is 26.6 Å². The van der Waals surface area contributed by atoms with Crippen LogP contribution in [0.2, 0.25) is 0 Å². The molecule has 1 aromatic carbocycles. The second-order valence-corrected chi connectivity index (χ2v) is 6.02. The molecule has 2 atom stereocenters. The highest BCUT2D eigenvalue weighted by Crippen LogP contribution is 2.27. The van der Waals surface area contributed by atoms with E-state index >= 15 is 0 Å². The van der Waals surface area contributed by atoms with Crippen LogP contribution < -0.4 is 0 Å². The molecule has 110 valence electrons. The third kappa shape index (κ3) is 3.56. The fourth-order valence-electron chi connectivity index (χ4n) is 1.84. The number of hydrogen-bond donors (Lipinski definition) is 0. The summed E-state index contributed by atoms with van der Waals surface area (Å²) >= 11 is 0. The zero-order chi connectivity index (χ0) is 14.8. The minimum atomic E-state index is -4.12. The van der Waals surface area contributed by atoms with Gasteiger partial charge in [-0.15, -0.1) is 0 Å². The molecule has 0 bridgehead atoms. The lowest BCUT2D eigenvalue weighted by atomic mass is 10.0. The molecule has 0 amide bonds. The van der Waals surface area contributed by atoms with E-state index in [0.29, 0.717) is 0 Å². The molecule has 1 saturated heterocycles. The first-order valence-corrected chi connectivity index (χ1v) is 7.54. The maximum Gasteiger partial charge on any atom is 0.401 e. The summed E-state index contributed by atoms with van der Waals surface area (Å²) in [5, 5.41) is 0. The van der Waals surface area contributed by atoms with Gasteiger partial charge in [-0.1, -0.05) is 44.2 Å². The van der Waals surface area contributed by atoms with Gasteiger partial charge in [0.2, 0.25) is 6.10 Å². The summed E-state index contributed by atoms with van der Waals surface area (Å²) in [6.07, 6.45) is -2.10. The van der Waals surface area contributed by atoms with Crippen molar-refractivity contribution in [2.45, 2.75) is 32.7 Å². The van der Waals surface area contributed by atoms with E-state index in [1.165, 1.54) is 0 Å². The second kappa shape index (κ2) is 5.90. The van der Waals surface area contributed by atoms with Gasteiger partial charge in [0.05, 0.1) is 0 Å². The number of carbonyl (C=O) groups excluding carboxylic acids is 1. The summed E-state index contributed by atoms with van der Waals surface area (Å²) in [5.74, 6) is -0.935. The van der Waals surface area contributed by atoms with Crippen LogP contribution in [0.4, 0.5) is 0 Å². The van der Waals surface area contributed by atoms with Crippen molar-refractivity contribution < 1.29 is 26.3 Å². The van der Waals surface area contributed by atoms with Crippen molar-refractivity contribution in [2.24, 2.45) is 5.92 Å². The van der Waals surface area contributed by atoms with Crippen LogP contribution in [0.1, 0.15) is 19.4 Å². The maximum absolute atomic E-state index is 11.9. The molecule has 6 nitrogen and oxygen atoms in total. The Kier molecular flexibility index (Phi) is 4.42. The third-order valence-corrected chi connectivity index (χ3v) is 3.76. The molecule has 7 heteroatoms. The summed E-state index contributed by atoms with van der Waals surface area (Å²) in [6, 6.07) is 9.09. The highest BCUT2D eigenvalue weighted by molar-refractivity contribution is 7.82. The van der Waals surface area contributed by atoms with Crippen LogP contribution in [0.25, 0.3) is 0 Å². The SMILES string of the molecule is CC(C)[C@H]1OS(=O)(=O)O[C@@H]1C(=O)OCc1ccccc1. The fourth-order valence-corrected chi connectivity index (χ4v) is 2.92. The van der Waals surface area contributed by atoms with Crippen molar-refractivity contribution in [3.63, 3.8) is 0 Å². The zero-order valence-electron chi connectivity index (χ0n) is 11.2. The smallest absolute Gasteiger partial charge is 0.401 e. The molecule has 1 heterocycles. The lowest BCUT2D eigenvalue weighted by Gasteiger charge is -2.16. The van der Waals surface area contributed by atoms with E-state index < -0.39 is 28.6 Å². The van der Waals surface area contributed by atoms with Crippen molar-refractivity contribution in [3.05, 3.63) is 35.9 Å². The molecule has 0 aromatic heterocycles. The summed E-state index contributed by atoms with van der Waals surface area (Å²) < 4.78 is 37.0. The van der Waals surface area contributed by atoms with Crippen molar-refractivity contribution in [1.82, 2.24) is 0 Å². The predicted octanol–water partition coefficient (Wildman–Crippen LogP) is 1.41. The molecule has 20 heavy (non-hydrogen) atoms. The third-order valence-electron chi connectivity index (χ3n) is 2.86. The number of benzene rings is 1. The van der Waals surface area contributed by atoms with Gasteiger partial charge in [-0.2, -0.15) is 8.42 Å². The van der Waals surface area contributed by atoms with Gasteiger partial charge >= 0.3 is 16.4 Å². The van der Waals surface area contributed by atoms with Crippen molar-refractivity contribution in [1.29, 1.82) is 0 Å². The molecule has 2 rings (SSSR count). The van der Waals surface area contributed by atoms with E-state index in [-0.39, 0.29) is 12.5 Å². The Bertz CT molecular complexity index is 566. The zero-order valence-corrected chi connectivity index (χ0v) is 12.0. The molecular weight excluding hydrogens is 284 g/mol. The summed E-state index contributed by atoms with van der Waals surface area (Å²) in [4.78, 5) is 11.9. The van der Waals surface area contributed by atoms with Gasteiger partial charge in [0.15, 0.2) is 0 Å². The lowest BCUT2D eigenvalue weighted by molar-refractivity contribution is -0.155. The highest BCUT2D eigenvalue weighted by atomic mass is 32.3. The summed E-state index contributed by atoms with van der Waals surface area (Å²) in [5.41, 5.74) is 0.809. The Morgan fingerprint density at radius 3 is 2.50 bits per heavy atom. The van der Waals surface area contributed by atoms with Crippen LogP contribution in [0.3, 0.4) is 0 Å².